The van der Waals surface area contributed by atoms with Crippen molar-refractivity contribution in [2.24, 2.45) is 0 Å². The fourth-order valence-electron chi connectivity index (χ4n) is 2.31. The van der Waals surface area contributed by atoms with Crippen LogP contribution in [0.3, 0.4) is 0 Å². The number of nitrogens with one attached hydrogen (secondary N) is 2. The third-order valence-corrected chi connectivity index (χ3v) is 3.25. The predicted octanol–water partition coefficient (Wildman–Crippen LogP) is 1.48. The fraction of sp³-hybridized carbons (Fsp3) is 0.385. The largest absolute Gasteiger partial charge is 0.317 e. The number of anilines is 2. The topological polar surface area (TPSA) is 75.6 Å². The molecule has 1 aliphatic rings. The van der Waals surface area contributed by atoms with Gasteiger partial charge in [-0.2, -0.15) is 0 Å². The van der Waals surface area contributed by atoms with E-state index in [0.29, 0.717) is 11.9 Å². The molecule has 0 aliphatic carbocycles. The van der Waals surface area contributed by atoms with Crippen LogP contribution in [0.4, 0.5) is 11.8 Å². The van der Waals surface area contributed by atoms with E-state index in [0.717, 1.165) is 37.4 Å². The van der Waals surface area contributed by atoms with Gasteiger partial charge < -0.3 is 10.6 Å². The Bertz CT molecular complexity index is 524. The Balaban J connectivity index is 1.84. The van der Waals surface area contributed by atoms with Crippen LogP contribution in [-0.2, 0) is 0 Å². The molecule has 0 radical (unpaired) electrons. The summed E-state index contributed by atoms with van der Waals surface area (Å²) in [6, 6.07) is 1.79. The van der Waals surface area contributed by atoms with E-state index >= 15 is 0 Å². The molecule has 0 unspecified atom stereocenters. The molecular weight excluding hydrogens is 240 g/mol. The van der Waals surface area contributed by atoms with E-state index in [4.69, 9.17) is 0 Å². The van der Waals surface area contributed by atoms with Crippen molar-refractivity contribution in [3.8, 4) is 0 Å². The average molecular weight is 256 g/mol. The van der Waals surface area contributed by atoms with Crippen LogP contribution in [0.15, 0.2) is 30.9 Å². The second kappa shape index (κ2) is 5.71. The highest BCUT2D eigenvalue weighted by Crippen LogP contribution is 2.28. The molecule has 6 nitrogen and oxygen atoms in total. The summed E-state index contributed by atoms with van der Waals surface area (Å²) in [5.74, 6) is 1.76. The molecule has 19 heavy (non-hydrogen) atoms. The van der Waals surface area contributed by atoms with E-state index in [-0.39, 0.29) is 0 Å². The van der Waals surface area contributed by atoms with Crippen LogP contribution in [0.2, 0.25) is 0 Å². The molecule has 0 amide bonds. The standard InChI is InChI=1S/C13H16N6/c1-4-17-13(18-5-1)19-12-11(15-8-9-16-12)10-2-6-14-7-3-10/h1,4-5,8-10,14H,2-3,6-7H2,(H,16,17,18,19). The maximum atomic E-state index is 4.49. The monoisotopic (exact) mass is 256 g/mol. The Kier molecular flexibility index (Phi) is 3.60. The van der Waals surface area contributed by atoms with Crippen molar-refractivity contribution in [1.82, 2.24) is 25.3 Å². The van der Waals surface area contributed by atoms with Gasteiger partial charge in [-0.1, -0.05) is 0 Å². The first kappa shape index (κ1) is 12.0. The lowest BCUT2D eigenvalue weighted by Crippen LogP contribution is -2.27. The molecule has 1 fully saturated rings. The molecule has 0 bridgehead atoms. The highest BCUT2D eigenvalue weighted by atomic mass is 15.1. The van der Waals surface area contributed by atoms with E-state index in [1.165, 1.54) is 0 Å². The summed E-state index contributed by atoms with van der Waals surface area (Å²) in [6.07, 6.45) is 9.02. The predicted molar refractivity (Wildman–Crippen MR) is 72.2 cm³/mol. The Morgan fingerprint density at radius 1 is 0.947 bits per heavy atom. The van der Waals surface area contributed by atoms with Gasteiger partial charge in [0.25, 0.3) is 0 Å². The first-order valence-corrected chi connectivity index (χ1v) is 6.49. The third-order valence-electron chi connectivity index (χ3n) is 3.25. The van der Waals surface area contributed by atoms with Crippen LogP contribution in [0.1, 0.15) is 24.5 Å². The highest BCUT2D eigenvalue weighted by Gasteiger charge is 2.20. The van der Waals surface area contributed by atoms with Crippen LogP contribution in [0, 0.1) is 0 Å². The molecule has 2 N–H and O–H groups in total. The van der Waals surface area contributed by atoms with Gasteiger partial charge in [0.2, 0.25) is 5.95 Å². The number of rotatable bonds is 3. The van der Waals surface area contributed by atoms with Gasteiger partial charge in [-0.05, 0) is 32.0 Å². The van der Waals surface area contributed by atoms with E-state index < -0.39 is 0 Å². The molecule has 6 heteroatoms. The fourth-order valence-corrected chi connectivity index (χ4v) is 2.31. The Morgan fingerprint density at radius 3 is 2.47 bits per heavy atom. The number of aromatic nitrogens is 4. The maximum Gasteiger partial charge on any atom is 0.228 e. The normalized spacial score (nSPS) is 16.2. The molecule has 1 saturated heterocycles. The lowest BCUT2D eigenvalue weighted by atomic mass is 9.94. The van der Waals surface area contributed by atoms with E-state index in [1.807, 2.05) is 0 Å². The molecular formula is C13H16N6. The zero-order valence-electron chi connectivity index (χ0n) is 10.6. The van der Waals surface area contributed by atoms with Crippen LogP contribution in [0.5, 0.6) is 0 Å². The molecule has 0 aromatic carbocycles. The second-order valence-corrected chi connectivity index (χ2v) is 4.51. The first-order chi connectivity index (χ1) is 9.43. The summed E-state index contributed by atoms with van der Waals surface area (Å²) in [4.78, 5) is 17.2. The minimum absolute atomic E-state index is 0.446. The average Bonchev–Trinajstić information content (AvgIpc) is 2.50. The Labute approximate surface area is 111 Å². The Hall–Kier alpha value is -2.08. The lowest BCUT2D eigenvalue weighted by Gasteiger charge is -2.23. The number of hydrogen-bond acceptors (Lipinski definition) is 6. The molecule has 2 aromatic rings. The summed E-state index contributed by atoms with van der Waals surface area (Å²) >= 11 is 0. The number of hydrogen-bond donors (Lipinski definition) is 2. The highest BCUT2D eigenvalue weighted by molar-refractivity contribution is 5.51. The molecule has 2 aromatic heterocycles. The van der Waals surface area contributed by atoms with Crippen molar-refractivity contribution in [2.75, 3.05) is 18.4 Å². The minimum Gasteiger partial charge on any atom is -0.317 e. The van der Waals surface area contributed by atoms with Gasteiger partial charge in [0.15, 0.2) is 5.82 Å². The van der Waals surface area contributed by atoms with Crippen LogP contribution in [0.25, 0.3) is 0 Å². The van der Waals surface area contributed by atoms with Gasteiger partial charge >= 0.3 is 0 Å². The van der Waals surface area contributed by atoms with E-state index in [9.17, 15) is 0 Å². The third kappa shape index (κ3) is 2.85. The van der Waals surface area contributed by atoms with Crippen molar-refractivity contribution in [3.05, 3.63) is 36.5 Å². The summed E-state index contributed by atoms with van der Waals surface area (Å²) in [6.45, 7) is 2.06. The first-order valence-electron chi connectivity index (χ1n) is 6.49. The number of nitrogens with zero attached hydrogens (tertiary/aromatic N) is 4. The van der Waals surface area contributed by atoms with E-state index in [2.05, 4.69) is 30.6 Å². The van der Waals surface area contributed by atoms with Gasteiger partial charge in [-0.3, -0.25) is 4.98 Å². The van der Waals surface area contributed by atoms with Crippen molar-refractivity contribution in [1.29, 1.82) is 0 Å². The van der Waals surface area contributed by atoms with Crippen molar-refractivity contribution in [3.63, 3.8) is 0 Å². The summed E-state index contributed by atoms with van der Waals surface area (Å²) in [5.41, 5.74) is 1.01. The van der Waals surface area contributed by atoms with Gasteiger partial charge in [-0.25, -0.2) is 15.0 Å². The molecule has 3 heterocycles. The Morgan fingerprint density at radius 2 is 1.68 bits per heavy atom. The molecule has 1 aliphatic heterocycles. The molecule has 98 valence electrons. The number of piperidine rings is 1. The second-order valence-electron chi connectivity index (χ2n) is 4.51. The van der Waals surface area contributed by atoms with Gasteiger partial charge in [0.1, 0.15) is 0 Å². The molecule has 0 spiro atoms. The van der Waals surface area contributed by atoms with Crippen molar-refractivity contribution >= 4 is 11.8 Å². The van der Waals surface area contributed by atoms with E-state index in [1.54, 1.807) is 30.9 Å². The molecule has 0 atom stereocenters. The smallest absolute Gasteiger partial charge is 0.228 e. The summed E-state index contributed by atoms with van der Waals surface area (Å²) in [5, 5.41) is 6.51. The summed E-state index contributed by atoms with van der Waals surface area (Å²) < 4.78 is 0. The zero-order chi connectivity index (χ0) is 12.9. The van der Waals surface area contributed by atoms with Gasteiger partial charge in [0.05, 0.1) is 5.69 Å². The zero-order valence-corrected chi connectivity index (χ0v) is 10.6. The molecule has 3 rings (SSSR count). The summed E-state index contributed by atoms with van der Waals surface area (Å²) in [7, 11) is 0. The van der Waals surface area contributed by atoms with Crippen molar-refractivity contribution < 1.29 is 0 Å². The van der Waals surface area contributed by atoms with Crippen LogP contribution < -0.4 is 10.6 Å². The quantitative estimate of drug-likeness (QED) is 0.866. The lowest BCUT2D eigenvalue weighted by molar-refractivity contribution is 0.453. The van der Waals surface area contributed by atoms with Crippen LogP contribution in [-0.4, -0.2) is 33.0 Å². The van der Waals surface area contributed by atoms with Gasteiger partial charge in [-0.15, -0.1) is 0 Å². The maximum absolute atomic E-state index is 4.49. The van der Waals surface area contributed by atoms with Gasteiger partial charge in [0, 0.05) is 30.7 Å². The SMILES string of the molecule is c1cnc(Nc2nccnc2C2CCNCC2)nc1. The van der Waals surface area contributed by atoms with Crippen molar-refractivity contribution in [2.45, 2.75) is 18.8 Å². The molecule has 0 saturated carbocycles. The van der Waals surface area contributed by atoms with Crippen LogP contribution >= 0.6 is 0 Å². The minimum atomic E-state index is 0.446.